The maximum atomic E-state index is 13.4. The maximum Gasteiger partial charge on any atom is 0.289 e. The number of nitrogens with zero attached hydrogens (tertiary/aromatic N) is 2. The topological polar surface area (TPSA) is 55.1 Å². The van der Waals surface area contributed by atoms with Gasteiger partial charge in [0.15, 0.2) is 5.75 Å². The maximum absolute atomic E-state index is 13.4. The molecule has 7 heteroatoms. The van der Waals surface area contributed by atoms with Crippen LogP contribution in [0.1, 0.15) is 0 Å². The summed E-state index contributed by atoms with van der Waals surface area (Å²) in [6.07, 6.45) is 0.954. The summed E-state index contributed by atoms with van der Waals surface area (Å²) in [4.78, 5) is 11.7. The van der Waals surface area contributed by atoms with Gasteiger partial charge in [-0.15, -0.1) is 0 Å². The van der Waals surface area contributed by atoms with Gasteiger partial charge in [0.2, 0.25) is 0 Å². The molecule has 0 aliphatic carbocycles. The van der Waals surface area contributed by atoms with Crippen LogP contribution in [0, 0.1) is 11.6 Å². The highest BCUT2D eigenvalue weighted by Crippen LogP contribution is 2.19. The minimum absolute atomic E-state index is 0.170. The van der Waals surface area contributed by atoms with Crippen molar-refractivity contribution in [3.63, 3.8) is 0 Å². The summed E-state index contributed by atoms with van der Waals surface area (Å²) in [5.41, 5.74) is -1.11. The fourth-order valence-corrected chi connectivity index (χ4v) is 1.51. The van der Waals surface area contributed by atoms with Crippen molar-refractivity contribution in [3.8, 4) is 11.4 Å². The molecular formula is C10H5BrF2N2O2. The van der Waals surface area contributed by atoms with Crippen molar-refractivity contribution in [2.45, 2.75) is 0 Å². The summed E-state index contributed by atoms with van der Waals surface area (Å²) in [5, 5.41) is 12.7. The van der Waals surface area contributed by atoms with Gasteiger partial charge in [0, 0.05) is 6.07 Å². The van der Waals surface area contributed by atoms with Crippen LogP contribution < -0.4 is 5.56 Å². The van der Waals surface area contributed by atoms with Gasteiger partial charge in [0.25, 0.3) is 5.56 Å². The Morgan fingerprint density at radius 3 is 2.76 bits per heavy atom. The second kappa shape index (κ2) is 4.25. The Balaban J connectivity index is 2.73. The predicted octanol–water partition coefficient (Wildman–Crippen LogP) is 1.98. The molecule has 0 atom stereocenters. The molecule has 2 rings (SSSR count). The van der Waals surface area contributed by atoms with E-state index in [2.05, 4.69) is 21.0 Å². The monoisotopic (exact) mass is 302 g/mol. The molecule has 0 unspecified atom stereocenters. The molecule has 0 aliphatic heterocycles. The number of halogens is 3. The Labute approximate surface area is 102 Å². The van der Waals surface area contributed by atoms with Crippen molar-refractivity contribution in [1.82, 2.24) is 9.78 Å². The van der Waals surface area contributed by atoms with Crippen molar-refractivity contribution < 1.29 is 13.9 Å². The van der Waals surface area contributed by atoms with E-state index in [9.17, 15) is 18.7 Å². The molecule has 0 saturated carbocycles. The van der Waals surface area contributed by atoms with Crippen molar-refractivity contribution in [3.05, 3.63) is 50.9 Å². The number of rotatable bonds is 1. The van der Waals surface area contributed by atoms with Gasteiger partial charge < -0.3 is 5.11 Å². The van der Waals surface area contributed by atoms with E-state index in [-0.39, 0.29) is 15.9 Å². The summed E-state index contributed by atoms with van der Waals surface area (Å²) >= 11 is 2.83. The lowest BCUT2D eigenvalue weighted by Gasteiger charge is -2.06. The van der Waals surface area contributed by atoms with Crippen LogP contribution in [0.2, 0.25) is 0 Å². The van der Waals surface area contributed by atoms with E-state index < -0.39 is 17.2 Å². The van der Waals surface area contributed by atoms with Crippen LogP contribution in [0.15, 0.2) is 33.7 Å². The predicted molar refractivity (Wildman–Crippen MR) is 59.1 cm³/mol. The van der Waals surface area contributed by atoms with Crippen LogP contribution >= 0.6 is 15.9 Å². The Morgan fingerprint density at radius 1 is 1.35 bits per heavy atom. The zero-order chi connectivity index (χ0) is 12.6. The van der Waals surface area contributed by atoms with Crippen molar-refractivity contribution in [2.24, 2.45) is 0 Å². The third-order valence-corrected chi connectivity index (χ3v) is 2.78. The lowest BCUT2D eigenvalue weighted by atomic mass is 10.3. The number of benzene rings is 1. The van der Waals surface area contributed by atoms with Crippen LogP contribution in [0.25, 0.3) is 5.69 Å². The standard InChI is InChI=1S/C10H5BrF2N2O2/c11-9-8(16)4-14-15(10(9)17)7-3-5(12)1-2-6(7)13/h1-4,16H. The molecule has 0 bridgehead atoms. The first-order valence-electron chi connectivity index (χ1n) is 4.43. The molecular weight excluding hydrogens is 298 g/mol. The van der Waals surface area contributed by atoms with Crippen LogP contribution in [0.3, 0.4) is 0 Å². The minimum Gasteiger partial charge on any atom is -0.505 e. The molecule has 0 amide bonds. The zero-order valence-corrected chi connectivity index (χ0v) is 9.78. The highest BCUT2D eigenvalue weighted by Gasteiger charge is 2.13. The van der Waals surface area contributed by atoms with Crippen LogP contribution in [-0.2, 0) is 0 Å². The van der Waals surface area contributed by atoms with E-state index >= 15 is 0 Å². The van der Waals surface area contributed by atoms with Gasteiger partial charge in [-0.25, -0.2) is 8.78 Å². The number of aromatic hydroxyl groups is 1. The molecule has 2 aromatic rings. The fraction of sp³-hybridized carbons (Fsp3) is 0. The van der Waals surface area contributed by atoms with Crippen molar-refractivity contribution >= 4 is 15.9 Å². The molecule has 88 valence electrons. The van der Waals surface area contributed by atoms with E-state index in [0.29, 0.717) is 4.68 Å². The zero-order valence-electron chi connectivity index (χ0n) is 8.19. The number of hydrogen-bond acceptors (Lipinski definition) is 3. The molecule has 1 aromatic carbocycles. The Hall–Kier alpha value is -1.76. The first-order valence-corrected chi connectivity index (χ1v) is 5.22. The van der Waals surface area contributed by atoms with E-state index in [4.69, 9.17) is 0 Å². The smallest absolute Gasteiger partial charge is 0.289 e. The molecule has 4 nitrogen and oxygen atoms in total. The SMILES string of the molecule is O=c1c(Br)c(O)cnn1-c1cc(F)ccc1F. The molecule has 0 saturated heterocycles. The van der Waals surface area contributed by atoms with Gasteiger partial charge >= 0.3 is 0 Å². The van der Waals surface area contributed by atoms with E-state index in [1.165, 1.54) is 0 Å². The average molecular weight is 303 g/mol. The largest absolute Gasteiger partial charge is 0.505 e. The lowest BCUT2D eigenvalue weighted by Crippen LogP contribution is -2.22. The third kappa shape index (κ3) is 2.05. The summed E-state index contributed by atoms with van der Waals surface area (Å²) in [7, 11) is 0. The number of hydrogen-bond donors (Lipinski definition) is 1. The summed E-state index contributed by atoms with van der Waals surface area (Å²) < 4.78 is 26.9. The lowest BCUT2D eigenvalue weighted by molar-refractivity contribution is 0.462. The van der Waals surface area contributed by atoms with Gasteiger partial charge in [-0.1, -0.05) is 0 Å². The van der Waals surface area contributed by atoms with Gasteiger partial charge in [0.05, 0.1) is 6.20 Å². The Kier molecular flexibility index (Phi) is 2.93. The van der Waals surface area contributed by atoms with E-state index in [1.807, 2.05) is 0 Å². The molecule has 1 aromatic heterocycles. The quantitative estimate of drug-likeness (QED) is 0.876. The second-order valence-corrected chi connectivity index (χ2v) is 3.95. The van der Waals surface area contributed by atoms with E-state index in [0.717, 1.165) is 24.4 Å². The summed E-state index contributed by atoms with van der Waals surface area (Å²) in [6, 6.07) is 2.66. The first-order chi connectivity index (χ1) is 8.00. The summed E-state index contributed by atoms with van der Waals surface area (Å²) in [6.45, 7) is 0. The Bertz CT molecular complexity index is 643. The molecule has 0 spiro atoms. The van der Waals surface area contributed by atoms with Crippen molar-refractivity contribution in [2.75, 3.05) is 0 Å². The molecule has 0 aliphatic rings. The summed E-state index contributed by atoms with van der Waals surface area (Å²) in [5.74, 6) is -1.86. The minimum atomic E-state index is -0.793. The molecule has 0 fully saturated rings. The fourth-order valence-electron chi connectivity index (χ4n) is 1.24. The van der Waals surface area contributed by atoms with Crippen molar-refractivity contribution in [1.29, 1.82) is 0 Å². The highest BCUT2D eigenvalue weighted by molar-refractivity contribution is 9.10. The van der Waals surface area contributed by atoms with Crippen LogP contribution in [0.5, 0.6) is 5.75 Å². The third-order valence-electron chi connectivity index (χ3n) is 2.04. The van der Waals surface area contributed by atoms with E-state index in [1.54, 1.807) is 0 Å². The van der Waals surface area contributed by atoms with Crippen LogP contribution in [-0.4, -0.2) is 14.9 Å². The molecule has 0 radical (unpaired) electrons. The average Bonchev–Trinajstić information content (AvgIpc) is 2.30. The van der Waals surface area contributed by atoms with Gasteiger partial charge in [-0.3, -0.25) is 4.79 Å². The molecule has 1 heterocycles. The molecule has 17 heavy (non-hydrogen) atoms. The second-order valence-electron chi connectivity index (χ2n) is 3.16. The first kappa shape index (κ1) is 11.7. The van der Waals surface area contributed by atoms with Gasteiger partial charge in [0.1, 0.15) is 21.8 Å². The normalized spacial score (nSPS) is 10.5. The van der Waals surface area contributed by atoms with Gasteiger partial charge in [-0.05, 0) is 28.1 Å². The highest BCUT2D eigenvalue weighted by atomic mass is 79.9. The Morgan fingerprint density at radius 2 is 2.06 bits per heavy atom. The van der Waals surface area contributed by atoms with Gasteiger partial charge in [-0.2, -0.15) is 9.78 Å². The van der Waals surface area contributed by atoms with Crippen LogP contribution in [0.4, 0.5) is 8.78 Å². The molecule has 1 N–H and O–H groups in total. The number of aromatic nitrogens is 2.